The highest BCUT2D eigenvalue weighted by molar-refractivity contribution is 6.06. The van der Waals surface area contributed by atoms with Crippen molar-refractivity contribution in [3.63, 3.8) is 0 Å². The number of non-ortho nitro benzene ring substituents is 1. The van der Waals surface area contributed by atoms with E-state index >= 15 is 0 Å². The monoisotopic (exact) mass is 565 g/mol. The van der Waals surface area contributed by atoms with Gasteiger partial charge >= 0.3 is 0 Å². The summed E-state index contributed by atoms with van der Waals surface area (Å²) in [6.07, 6.45) is 1.54. The number of benzene rings is 3. The molecule has 0 saturated carbocycles. The zero-order chi connectivity index (χ0) is 29.9. The van der Waals surface area contributed by atoms with Gasteiger partial charge in [-0.05, 0) is 68.7 Å². The quantitative estimate of drug-likeness (QED) is 0.173. The number of methoxy groups -OCH3 is 4. The third-order valence-corrected chi connectivity index (χ3v) is 6.94. The second-order valence-electron chi connectivity index (χ2n) is 9.72. The van der Waals surface area contributed by atoms with Crippen LogP contribution in [0.3, 0.4) is 0 Å². The zero-order valence-corrected chi connectivity index (χ0v) is 24.6. The summed E-state index contributed by atoms with van der Waals surface area (Å²) in [5.74, 6) is 2.21. The van der Waals surface area contributed by atoms with Gasteiger partial charge in [0.05, 0.1) is 33.4 Å². The van der Waals surface area contributed by atoms with Crippen LogP contribution in [0.2, 0.25) is 0 Å². The molecule has 3 aromatic carbocycles. The second kappa shape index (κ2) is 14.9. The van der Waals surface area contributed by atoms with E-state index < -0.39 is 4.92 Å². The first-order chi connectivity index (χ1) is 19.7. The molecule has 41 heavy (non-hydrogen) atoms. The summed E-state index contributed by atoms with van der Waals surface area (Å²) in [6, 6.07) is 17.2. The minimum atomic E-state index is -0.483. The number of anilines is 1. The number of amides is 1. The molecule has 0 radical (unpaired) electrons. The summed E-state index contributed by atoms with van der Waals surface area (Å²) < 4.78 is 21.6. The predicted molar refractivity (Wildman–Crippen MR) is 159 cm³/mol. The lowest BCUT2D eigenvalue weighted by Crippen LogP contribution is -2.37. The molecule has 3 aromatic rings. The Morgan fingerprint density at radius 2 is 1.37 bits per heavy atom. The minimum Gasteiger partial charge on any atom is -0.493 e. The number of rotatable bonds is 15. The van der Waals surface area contributed by atoms with Gasteiger partial charge in [-0.25, -0.2) is 0 Å². The number of hydrogen-bond donors (Lipinski definition) is 0. The molecular weight excluding hydrogens is 526 g/mol. The molecule has 0 aliphatic rings. The molecule has 0 bridgehead atoms. The molecule has 0 heterocycles. The fourth-order valence-corrected chi connectivity index (χ4v) is 4.59. The highest BCUT2D eigenvalue weighted by atomic mass is 16.6. The number of nitro benzene ring substituents is 1. The lowest BCUT2D eigenvalue weighted by molar-refractivity contribution is -0.384. The summed E-state index contributed by atoms with van der Waals surface area (Å²) in [4.78, 5) is 28.3. The van der Waals surface area contributed by atoms with Crippen molar-refractivity contribution in [2.45, 2.75) is 32.7 Å². The number of nitrogens with zero attached hydrogens (tertiary/aromatic N) is 3. The standard InChI is InChI=1S/C31H39N3O7/c1-22(2)32(19-16-23-8-14-27(38-3)29(20-23)40-5)17-7-18-33(26-13-15-28(39-4)30(21-26)41-6)31(35)24-9-11-25(12-10-24)34(36)37/h8-15,20-22H,7,16-19H2,1-6H3. The average molecular weight is 566 g/mol. The van der Waals surface area contributed by atoms with E-state index in [0.29, 0.717) is 53.3 Å². The first kappa shape index (κ1) is 31.2. The maximum Gasteiger partial charge on any atom is 0.269 e. The van der Waals surface area contributed by atoms with E-state index in [0.717, 1.165) is 25.1 Å². The van der Waals surface area contributed by atoms with E-state index in [9.17, 15) is 14.9 Å². The van der Waals surface area contributed by atoms with Gasteiger partial charge in [0.1, 0.15) is 0 Å². The normalized spacial score (nSPS) is 10.9. The lowest BCUT2D eigenvalue weighted by Gasteiger charge is -2.29. The molecule has 0 aromatic heterocycles. The van der Waals surface area contributed by atoms with Crippen molar-refractivity contribution in [1.82, 2.24) is 4.90 Å². The molecule has 3 rings (SSSR count). The van der Waals surface area contributed by atoms with Gasteiger partial charge in [-0.1, -0.05) is 6.07 Å². The minimum absolute atomic E-state index is 0.0683. The molecule has 0 fully saturated rings. The first-order valence-corrected chi connectivity index (χ1v) is 13.5. The number of carbonyl (C=O) groups excluding carboxylic acids is 1. The maximum atomic E-state index is 13.7. The van der Waals surface area contributed by atoms with Crippen molar-refractivity contribution in [3.05, 3.63) is 81.9 Å². The van der Waals surface area contributed by atoms with Crippen molar-refractivity contribution in [1.29, 1.82) is 0 Å². The van der Waals surface area contributed by atoms with Gasteiger partial charge in [0, 0.05) is 55.1 Å². The molecule has 0 N–H and O–H groups in total. The van der Waals surface area contributed by atoms with Crippen LogP contribution < -0.4 is 23.8 Å². The van der Waals surface area contributed by atoms with Crippen LogP contribution in [0.1, 0.15) is 36.2 Å². The summed E-state index contributed by atoms with van der Waals surface area (Å²) >= 11 is 0. The summed E-state index contributed by atoms with van der Waals surface area (Å²) in [6.45, 7) is 6.35. The molecule has 0 atom stereocenters. The van der Waals surface area contributed by atoms with Crippen LogP contribution in [-0.2, 0) is 6.42 Å². The van der Waals surface area contributed by atoms with E-state index in [1.807, 2.05) is 24.3 Å². The van der Waals surface area contributed by atoms with Crippen LogP contribution in [0.4, 0.5) is 11.4 Å². The van der Waals surface area contributed by atoms with Crippen LogP contribution in [0, 0.1) is 10.1 Å². The highest BCUT2D eigenvalue weighted by Crippen LogP contribution is 2.32. The van der Waals surface area contributed by atoms with Gasteiger partial charge in [-0.15, -0.1) is 0 Å². The Kier molecular flexibility index (Phi) is 11.3. The average Bonchev–Trinajstić information content (AvgIpc) is 2.99. The van der Waals surface area contributed by atoms with Crippen LogP contribution in [-0.4, -0.2) is 69.8 Å². The smallest absolute Gasteiger partial charge is 0.269 e. The molecule has 220 valence electrons. The number of hydrogen-bond acceptors (Lipinski definition) is 8. The molecular formula is C31H39N3O7. The van der Waals surface area contributed by atoms with Crippen LogP contribution in [0.5, 0.6) is 23.0 Å². The third kappa shape index (κ3) is 8.11. The summed E-state index contributed by atoms with van der Waals surface area (Å²) in [5, 5.41) is 11.1. The van der Waals surface area contributed by atoms with Crippen LogP contribution in [0.25, 0.3) is 0 Å². The fraction of sp³-hybridized carbons (Fsp3) is 0.387. The molecule has 0 aliphatic heterocycles. The van der Waals surface area contributed by atoms with E-state index in [1.165, 1.54) is 24.3 Å². The molecule has 10 nitrogen and oxygen atoms in total. The Labute approximate surface area is 241 Å². The van der Waals surface area contributed by atoms with Gasteiger partial charge in [-0.2, -0.15) is 0 Å². The van der Waals surface area contributed by atoms with Crippen molar-refractivity contribution in [3.8, 4) is 23.0 Å². The molecule has 0 saturated heterocycles. The third-order valence-electron chi connectivity index (χ3n) is 6.94. The molecule has 0 aliphatic carbocycles. The van der Waals surface area contributed by atoms with Crippen molar-refractivity contribution < 1.29 is 28.7 Å². The van der Waals surface area contributed by atoms with Gasteiger partial charge in [0.25, 0.3) is 11.6 Å². The van der Waals surface area contributed by atoms with Gasteiger partial charge in [0.2, 0.25) is 0 Å². The van der Waals surface area contributed by atoms with Gasteiger partial charge < -0.3 is 28.7 Å². The van der Waals surface area contributed by atoms with E-state index in [4.69, 9.17) is 18.9 Å². The summed E-state index contributed by atoms with van der Waals surface area (Å²) in [7, 11) is 6.35. The van der Waals surface area contributed by atoms with E-state index in [1.54, 1.807) is 45.5 Å². The Bertz CT molecular complexity index is 1310. The van der Waals surface area contributed by atoms with Gasteiger partial charge in [0.15, 0.2) is 23.0 Å². The second-order valence-corrected chi connectivity index (χ2v) is 9.72. The Balaban J connectivity index is 1.77. The zero-order valence-electron chi connectivity index (χ0n) is 24.6. The number of carbonyl (C=O) groups is 1. The van der Waals surface area contributed by atoms with E-state index in [-0.39, 0.29) is 11.6 Å². The number of ether oxygens (including phenoxy) is 4. The van der Waals surface area contributed by atoms with E-state index in [2.05, 4.69) is 18.7 Å². The SMILES string of the molecule is COc1ccc(CCN(CCCN(C(=O)c2ccc([N+](=O)[O-])cc2)c2ccc(OC)c(OC)c2)C(C)C)cc1OC. The van der Waals surface area contributed by atoms with Crippen LogP contribution >= 0.6 is 0 Å². The maximum absolute atomic E-state index is 13.7. The molecule has 1 amide bonds. The van der Waals surface area contributed by atoms with Crippen molar-refractivity contribution in [2.75, 3.05) is 53.0 Å². The Morgan fingerprint density at radius 1 is 0.780 bits per heavy atom. The van der Waals surface area contributed by atoms with Crippen LogP contribution in [0.15, 0.2) is 60.7 Å². The number of nitro groups is 1. The largest absolute Gasteiger partial charge is 0.493 e. The highest BCUT2D eigenvalue weighted by Gasteiger charge is 2.21. The Hall–Kier alpha value is -4.31. The molecule has 10 heteroatoms. The first-order valence-electron chi connectivity index (χ1n) is 13.5. The predicted octanol–water partition coefficient (Wildman–Crippen LogP) is 5.62. The topological polar surface area (TPSA) is 104 Å². The molecule has 0 spiro atoms. The Morgan fingerprint density at radius 3 is 1.93 bits per heavy atom. The van der Waals surface area contributed by atoms with Crippen molar-refractivity contribution in [2.24, 2.45) is 0 Å². The van der Waals surface area contributed by atoms with Crippen molar-refractivity contribution >= 4 is 17.3 Å². The van der Waals surface area contributed by atoms with Gasteiger partial charge in [-0.3, -0.25) is 14.9 Å². The fourth-order valence-electron chi connectivity index (χ4n) is 4.59. The lowest BCUT2D eigenvalue weighted by atomic mass is 10.1. The molecule has 0 unspecified atom stereocenters. The summed E-state index contributed by atoms with van der Waals surface area (Å²) in [5.41, 5.74) is 2.09.